The zero-order valence-corrected chi connectivity index (χ0v) is 15.5. The Hall–Kier alpha value is -2.35. The van der Waals surface area contributed by atoms with Gasteiger partial charge >= 0.3 is 0 Å². The average Bonchev–Trinajstić information content (AvgIpc) is 3.35. The van der Waals surface area contributed by atoms with Gasteiger partial charge in [0, 0.05) is 26.2 Å². The van der Waals surface area contributed by atoms with Gasteiger partial charge in [-0.3, -0.25) is 14.4 Å². The standard InChI is InChI=1S/C20H25N5O2/c1-2-6-19-18(5-1)21-20-24(8-7-22-9-12-26-13-10-22)15-23(16-25(19)20)14-17-4-3-11-27-17/h1-6,11H,7-10,12-16H2. The third kappa shape index (κ3) is 3.45. The zero-order chi connectivity index (χ0) is 18.1. The number of morpholine rings is 1. The van der Waals surface area contributed by atoms with Crippen LogP contribution < -0.4 is 4.90 Å². The lowest BCUT2D eigenvalue weighted by molar-refractivity contribution is 0.0384. The van der Waals surface area contributed by atoms with Crippen molar-refractivity contribution in [3.63, 3.8) is 0 Å². The molecule has 0 atom stereocenters. The Morgan fingerprint density at radius 2 is 1.81 bits per heavy atom. The molecule has 7 heteroatoms. The quantitative estimate of drug-likeness (QED) is 0.689. The third-order valence-electron chi connectivity index (χ3n) is 5.38. The van der Waals surface area contributed by atoms with Gasteiger partial charge in [-0.05, 0) is 24.3 Å². The van der Waals surface area contributed by atoms with Crippen LogP contribution in [0.4, 0.5) is 5.95 Å². The fourth-order valence-corrected chi connectivity index (χ4v) is 3.97. The van der Waals surface area contributed by atoms with Crippen LogP contribution in [0.3, 0.4) is 0 Å². The van der Waals surface area contributed by atoms with E-state index in [2.05, 4.69) is 43.5 Å². The number of aromatic nitrogens is 2. The molecule has 3 aromatic rings. The summed E-state index contributed by atoms with van der Waals surface area (Å²) in [5.74, 6) is 2.07. The van der Waals surface area contributed by atoms with Crippen molar-refractivity contribution >= 4 is 17.0 Å². The van der Waals surface area contributed by atoms with Gasteiger partial charge < -0.3 is 14.1 Å². The Bertz CT molecular complexity index is 885. The second-order valence-electron chi connectivity index (χ2n) is 7.24. The third-order valence-corrected chi connectivity index (χ3v) is 5.38. The van der Waals surface area contributed by atoms with Crippen molar-refractivity contribution in [2.45, 2.75) is 13.2 Å². The highest BCUT2D eigenvalue weighted by molar-refractivity contribution is 5.79. The number of ether oxygens (including phenoxy) is 1. The highest BCUT2D eigenvalue weighted by atomic mass is 16.5. The molecular weight excluding hydrogens is 342 g/mol. The van der Waals surface area contributed by atoms with Gasteiger partial charge in [-0.2, -0.15) is 0 Å². The molecule has 0 saturated carbocycles. The second-order valence-corrected chi connectivity index (χ2v) is 7.24. The molecule has 142 valence electrons. The smallest absolute Gasteiger partial charge is 0.208 e. The molecule has 0 spiro atoms. The Labute approximate surface area is 158 Å². The molecule has 0 unspecified atom stereocenters. The zero-order valence-electron chi connectivity index (χ0n) is 15.5. The van der Waals surface area contributed by atoms with Crippen LogP contribution in [-0.2, 0) is 18.0 Å². The molecule has 2 aliphatic heterocycles. The number of furan rings is 1. The summed E-state index contributed by atoms with van der Waals surface area (Å²) in [5, 5.41) is 0. The summed E-state index contributed by atoms with van der Waals surface area (Å²) in [4.78, 5) is 12.2. The molecule has 0 amide bonds. The first-order chi connectivity index (χ1) is 13.4. The van der Waals surface area contributed by atoms with E-state index in [1.807, 2.05) is 12.1 Å². The van der Waals surface area contributed by atoms with Gasteiger partial charge in [0.05, 0.1) is 50.4 Å². The van der Waals surface area contributed by atoms with Crippen molar-refractivity contribution in [2.75, 3.05) is 51.0 Å². The van der Waals surface area contributed by atoms with E-state index in [9.17, 15) is 0 Å². The van der Waals surface area contributed by atoms with Crippen LogP contribution in [0.2, 0.25) is 0 Å². The minimum absolute atomic E-state index is 0.799. The summed E-state index contributed by atoms with van der Waals surface area (Å²) >= 11 is 0. The lowest BCUT2D eigenvalue weighted by Crippen LogP contribution is -2.48. The molecule has 7 nitrogen and oxygen atoms in total. The van der Waals surface area contributed by atoms with E-state index in [1.165, 1.54) is 5.52 Å². The predicted octanol–water partition coefficient (Wildman–Crippen LogP) is 2.20. The second kappa shape index (κ2) is 7.34. The van der Waals surface area contributed by atoms with Gasteiger partial charge in [-0.15, -0.1) is 0 Å². The Kier molecular flexibility index (Phi) is 4.57. The number of rotatable bonds is 5. The fourth-order valence-electron chi connectivity index (χ4n) is 3.97. The Balaban J connectivity index is 1.40. The molecule has 2 aromatic heterocycles. The van der Waals surface area contributed by atoms with Crippen molar-refractivity contribution in [3.8, 4) is 0 Å². The maximum Gasteiger partial charge on any atom is 0.208 e. The number of imidazole rings is 1. The van der Waals surface area contributed by atoms with E-state index in [4.69, 9.17) is 14.1 Å². The number of fused-ring (bicyclic) bond motifs is 3. The van der Waals surface area contributed by atoms with Gasteiger partial charge in [0.25, 0.3) is 0 Å². The molecule has 1 aromatic carbocycles. The minimum atomic E-state index is 0.799. The van der Waals surface area contributed by atoms with Gasteiger partial charge in [0.15, 0.2) is 0 Å². The minimum Gasteiger partial charge on any atom is -0.468 e. The van der Waals surface area contributed by atoms with E-state index in [0.29, 0.717) is 0 Å². The van der Waals surface area contributed by atoms with Crippen LogP contribution in [0.1, 0.15) is 5.76 Å². The first-order valence-corrected chi connectivity index (χ1v) is 9.62. The highest BCUT2D eigenvalue weighted by Gasteiger charge is 2.26. The number of hydrogen-bond acceptors (Lipinski definition) is 6. The van der Waals surface area contributed by atoms with Crippen LogP contribution in [0.25, 0.3) is 11.0 Å². The molecule has 4 heterocycles. The van der Waals surface area contributed by atoms with Crippen molar-refractivity contribution in [2.24, 2.45) is 0 Å². The highest BCUT2D eigenvalue weighted by Crippen LogP contribution is 2.27. The topological polar surface area (TPSA) is 49.9 Å². The van der Waals surface area contributed by atoms with Gasteiger partial charge in [-0.25, -0.2) is 4.98 Å². The van der Waals surface area contributed by atoms with Gasteiger partial charge in [0.2, 0.25) is 5.95 Å². The molecule has 0 bridgehead atoms. The molecule has 1 fully saturated rings. The first-order valence-electron chi connectivity index (χ1n) is 9.62. The van der Waals surface area contributed by atoms with Crippen molar-refractivity contribution in [1.82, 2.24) is 19.4 Å². The van der Waals surface area contributed by atoms with Crippen LogP contribution in [0.15, 0.2) is 47.1 Å². The lowest BCUT2D eigenvalue weighted by Gasteiger charge is -2.38. The molecule has 1 saturated heterocycles. The van der Waals surface area contributed by atoms with Crippen LogP contribution >= 0.6 is 0 Å². The van der Waals surface area contributed by atoms with E-state index in [-0.39, 0.29) is 0 Å². The molecule has 0 radical (unpaired) electrons. The maximum atomic E-state index is 5.58. The van der Waals surface area contributed by atoms with E-state index < -0.39 is 0 Å². The molecule has 27 heavy (non-hydrogen) atoms. The normalized spacial score (nSPS) is 18.9. The molecule has 0 aliphatic carbocycles. The lowest BCUT2D eigenvalue weighted by atomic mass is 10.3. The summed E-state index contributed by atoms with van der Waals surface area (Å²) in [5.41, 5.74) is 2.25. The number of benzene rings is 1. The van der Waals surface area contributed by atoms with Crippen LogP contribution in [0, 0.1) is 0 Å². The number of hydrogen-bond donors (Lipinski definition) is 0. The van der Waals surface area contributed by atoms with E-state index in [0.717, 1.165) is 76.5 Å². The van der Waals surface area contributed by atoms with Crippen molar-refractivity contribution in [1.29, 1.82) is 0 Å². The Morgan fingerprint density at radius 3 is 2.67 bits per heavy atom. The van der Waals surface area contributed by atoms with E-state index >= 15 is 0 Å². The summed E-state index contributed by atoms with van der Waals surface area (Å²) in [6.07, 6.45) is 1.74. The summed E-state index contributed by atoms with van der Waals surface area (Å²) in [6.45, 7) is 8.16. The van der Waals surface area contributed by atoms with Crippen LogP contribution in [-0.4, -0.2) is 65.4 Å². The number of para-hydroxylation sites is 2. The first kappa shape index (κ1) is 16.8. The van der Waals surface area contributed by atoms with Crippen LogP contribution in [0.5, 0.6) is 0 Å². The molecule has 5 rings (SSSR count). The van der Waals surface area contributed by atoms with Crippen molar-refractivity contribution < 1.29 is 9.15 Å². The van der Waals surface area contributed by atoms with Gasteiger partial charge in [-0.1, -0.05) is 12.1 Å². The largest absolute Gasteiger partial charge is 0.468 e. The maximum absolute atomic E-state index is 5.58. The summed E-state index contributed by atoms with van der Waals surface area (Å²) in [6, 6.07) is 12.4. The van der Waals surface area contributed by atoms with Crippen molar-refractivity contribution in [3.05, 3.63) is 48.4 Å². The SMILES string of the molecule is c1coc(CN2CN(CCN3CCOCC3)c3nc4ccccc4n3C2)c1. The summed E-state index contributed by atoms with van der Waals surface area (Å²) in [7, 11) is 0. The summed E-state index contributed by atoms with van der Waals surface area (Å²) < 4.78 is 13.4. The molecule has 0 N–H and O–H groups in total. The molecular formula is C20H25N5O2. The predicted molar refractivity (Wildman–Crippen MR) is 103 cm³/mol. The fraction of sp³-hybridized carbons (Fsp3) is 0.450. The monoisotopic (exact) mass is 367 g/mol. The molecule has 2 aliphatic rings. The van der Waals surface area contributed by atoms with E-state index in [1.54, 1.807) is 6.26 Å². The number of anilines is 1. The number of nitrogens with zero attached hydrogens (tertiary/aromatic N) is 5. The average molecular weight is 367 g/mol. The van der Waals surface area contributed by atoms with Gasteiger partial charge in [0.1, 0.15) is 5.76 Å². The Morgan fingerprint density at radius 1 is 0.926 bits per heavy atom.